The van der Waals surface area contributed by atoms with E-state index in [-0.39, 0.29) is 29.9 Å². The molecule has 0 bridgehead atoms. The van der Waals surface area contributed by atoms with Crippen molar-refractivity contribution < 1.29 is 4.79 Å². The number of aryl methyl sites for hydroxylation is 1. The van der Waals surface area contributed by atoms with Gasteiger partial charge in [-0.25, -0.2) is 4.98 Å². The number of aromatic nitrogens is 1. The van der Waals surface area contributed by atoms with E-state index in [1.54, 1.807) is 17.4 Å². The number of carbonyl (C=O) groups excluding carboxylic acids is 1. The van der Waals surface area contributed by atoms with Crippen molar-refractivity contribution in [2.75, 3.05) is 36.4 Å². The summed E-state index contributed by atoms with van der Waals surface area (Å²) in [5, 5.41) is 13.1. The Kier molecular flexibility index (Phi) is 10.4. The van der Waals surface area contributed by atoms with Crippen LogP contribution in [-0.4, -0.2) is 49.1 Å². The maximum atomic E-state index is 12.1. The van der Waals surface area contributed by atoms with Crippen molar-refractivity contribution in [3.8, 4) is 0 Å². The number of hydrogen-bond donors (Lipinski definition) is 3. The molecule has 0 unspecified atom stereocenters. The monoisotopic (exact) mass is 542 g/mol. The van der Waals surface area contributed by atoms with Crippen molar-refractivity contribution in [1.82, 2.24) is 15.6 Å². The van der Waals surface area contributed by atoms with Gasteiger partial charge in [-0.1, -0.05) is 6.07 Å². The zero-order valence-corrected chi connectivity index (χ0v) is 20.7. The summed E-state index contributed by atoms with van der Waals surface area (Å²) < 4.78 is 0. The number of nitrogens with one attached hydrogen (secondary N) is 3. The van der Waals surface area contributed by atoms with Gasteiger partial charge in [-0.15, -0.1) is 35.3 Å². The zero-order chi connectivity index (χ0) is 20.5. The maximum Gasteiger partial charge on any atom is 0.227 e. The van der Waals surface area contributed by atoms with Crippen molar-refractivity contribution in [3.63, 3.8) is 0 Å². The van der Waals surface area contributed by atoms with Crippen LogP contribution in [0.4, 0.5) is 10.8 Å². The van der Waals surface area contributed by atoms with Crippen LogP contribution < -0.4 is 20.9 Å². The second-order valence-corrected chi connectivity index (χ2v) is 8.01. The molecule has 9 heteroatoms. The first-order valence-corrected chi connectivity index (χ1v) is 11.1. The minimum absolute atomic E-state index is 0. The highest BCUT2D eigenvalue weighted by molar-refractivity contribution is 14.0. The summed E-state index contributed by atoms with van der Waals surface area (Å²) >= 11 is 1.79. The fourth-order valence-corrected chi connectivity index (χ4v) is 4.08. The second kappa shape index (κ2) is 12.7. The van der Waals surface area contributed by atoms with Gasteiger partial charge in [-0.3, -0.25) is 9.79 Å². The van der Waals surface area contributed by atoms with Gasteiger partial charge in [0.2, 0.25) is 5.91 Å². The number of halogens is 1. The number of amides is 1. The summed E-state index contributed by atoms with van der Waals surface area (Å²) in [7, 11) is 0. The summed E-state index contributed by atoms with van der Waals surface area (Å²) in [5.41, 5.74) is 0.879. The molecule has 1 amide bonds. The largest absolute Gasteiger partial charge is 0.363 e. The summed E-state index contributed by atoms with van der Waals surface area (Å²) in [4.78, 5) is 23.4. The SMILES string of the molecule is CCNC(=NCCC(=O)Nc1cccc(C)n1)NC1CCN(c2cccs2)CC1.I. The highest BCUT2D eigenvalue weighted by Gasteiger charge is 2.20. The number of nitrogens with zero attached hydrogens (tertiary/aromatic N) is 3. The van der Waals surface area contributed by atoms with Crippen molar-refractivity contribution in [2.45, 2.75) is 39.2 Å². The van der Waals surface area contributed by atoms with Crippen LogP contribution in [0.2, 0.25) is 0 Å². The van der Waals surface area contributed by atoms with Crippen LogP contribution in [0.1, 0.15) is 31.9 Å². The number of rotatable bonds is 7. The fraction of sp³-hybridized carbons (Fsp3) is 0.476. The molecule has 164 valence electrons. The molecular formula is C21H31IN6OS. The molecule has 2 aromatic rings. The van der Waals surface area contributed by atoms with E-state index in [4.69, 9.17) is 0 Å². The number of anilines is 2. The number of thiophene rings is 1. The van der Waals surface area contributed by atoms with Gasteiger partial charge >= 0.3 is 0 Å². The molecule has 0 spiro atoms. The summed E-state index contributed by atoms with van der Waals surface area (Å²) in [6, 6.07) is 10.3. The Balaban J connectivity index is 0.00000320. The molecule has 7 nitrogen and oxygen atoms in total. The van der Waals surface area contributed by atoms with Crippen molar-refractivity contribution in [3.05, 3.63) is 41.4 Å². The lowest BCUT2D eigenvalue weighted by Crippen LogP contribution is -2.48. The molecule has 0 atom stereocenters. The number of hydrogen-bond acceptors (Lipinski definition) is 5. The minimum Gasteiger partial charge on any atom is -0.363 e. The van der Waals surface area contributed by atoms with Crippen LogP contribution in [0.5, 0.6) is 0 Å². The van der Waals surface area contributed by atoms with E-state index < -0.39 is 0 Å². The number of pyridine rings is 1. The molecule has 1 aliphatic heterocycles. The van der Waals surface area contributed by atoms with Crippen LogP contribution in [0.15, 0.2) is 40.7 Å². The lowest BCUT2D eigenvalue weighted by Gasteiger charge is -2.33. The van der Waals surface area contributed by atoms with Gasteiger partial charge < -0.3 is 20.9 Å². The molecule has 2 aromatic heterocycles. The molecule has 0 aromatic carbocycles. The van der Waals surface area contributed by atoms with Gasteiger partial charge in [0.05, 0.1) is 11.5 Å². The molecule has 3 N–H and O–H groups in total. The van der Waals surface area contributed by atoms with Crippen LogP contribution in [-0.2, 0) is 4.79 Å². The van der Waals surface area contributed by atoms with E-state index in [2.05, 4.69) is 48.3 Å². The van der Waals surface area contributed by atoms with Gasteiger partial charge in [0.1, 0.15) is 5.82 Å². The standard InChI is InChI=1S/C21H30N6OS.HI/c1-3-22-21(23-12-9-19(28)26-18-7-4-6-16(2)24-18)25-17-10-13-27(14-11-17)20-8-5-15-29-20;/h4-8,15,17H,3,9-14H2,1-2H3,(H2,22,23,25)(H,24,26,28);1H. The molecule has 1 saturated heterocycles. The van der Waals surface area contributed by atoms with E-state index in [0.29, 0.717) is 24.8 Å². The van der Waals surface area contributed by atoms with Gasteiger partial charge in [-0.2, -0.15) is 0 Å². The lowest BCUT2D eigenvalue weighted by molar-refractivity contribution is -0.116. The normalized spacial score (nSPS) is 14.7. The minimum atomic E-state index is -0.0769. The summed E-state index contributed by atoms with van der Waals surface area (Å²) in [6.07, 6.45) is 2.46. The third kappa shape index (κ3) is 7.75. The van der Waals surface area contributed by atoms with Gasteiger partial charge in [0.25, 0.3) is 0 Å². The number of piperidine rings is 1. The smallest absolute Gasteiger partial charge is 0.227 e. The molecule has 3 heterocycles. The third-order valence-electron chi connectivity index (χ3n) is 4.76. The second-order valence-electron chi connectivity index (χ2n) is 7.08. The molecular weight excluding hydrogens is 511 g/mol. The number of guanidine groups is 1. The summed E-state index contributed by atoms with van der Waals surface area (Å²) in [6.45, 7) is 7.26. The third-order valence-corrected chi connectivity index (χ3v) is 5.69. The Morgan fingerprint density at radius 1 is 1.27 bits per heavy atom. The quantitative estimate of drug-likeness (QED) is 0.283. The molecule has 1 aliphatic rings. The summed E-state index contributed by atoms with van der Waals surface area (Å²) in [5.74, 6) is 1.29. The lowest BCUT2D eigenvalue weighted by atomic mass is 10.1. The van der Waals surface area contributed by atoms with Crippen molar-refractivity contribution >= 4 is 58.0 Å². The van der Waals surface area contributed by atoms with E-state index >= 15 is 0 Å². The Hall–Kier alpha value is -1.88. The highest BCUT2D eigenvalue weighted by atomic mass is 127. The Bertz CT molecular complexity index is 806. The van der Waals surface area contributed by atoms with Crippen LogP contribution in [0.3, 0.4) is 0 Å². The predicted molar refractivity (Wildman–Crippen MR) is 136 cm³/mol. The van der Waals surface area contributed by atoms with Gasteiger partial charge in [0.15, 0.2) is 5.96 Å². The van der Waals surface area contributed by atoms with Crippen molar-refractivity contribution in [2.24, 2.45) is 4.99 Å². The van der Waals surface area contributed by atoms with E-state index in [0.717, 1.165) is 44.1 Å². The van der Waals surface area contributed by atoms with E-state index in [1.165, 1.54) is 5.00 Å². The first-order chi connectivity index (χ1) is 14.1. The van der Waals surface area contributed by atoms with E-state index in [9.17, 15) is 4.79 Å². The number of aliphatic imine (C=N–C) groups is 1. The molecule has 3 rings (SSSR count). The Morgan fingerprint density at radius 3 is 2.73 bits per heavy atom. The zero-order valence-electron chi connectivity index (χ0n) is 17.6. The average molecular weight is 542 g/mol. The highest BCUT2D eigenvalue weighted by Crippen LogP contribution is 2.24. The first kappa shape index (κ1) is 24.4. The first-order valence-electron chi connectivity index (χ1n) is 10.2. The number of carbonyl (C=O) groups is 1. The van der Waals surface area contributed by atoms with Gasteiger partial charge in [0, 0.05) is 37.8 Å². The fourth-order valence-electron chi connectivity index (χ4n) is 3.29. The molecule has 0 radical (unpaired) electrons. The maximum absolute atomic E-state index is 12.1. The van der Waals surface area contributed by atoms with Gasteiger partial charge in [-0.05, 0) is 56.3 Å². The van der Waals surface area contributed by atoms with Crippen LogP contribution in [0.25, 0.3) is 0 Å². The molecule has 0 saturated carbocycles. The van der Waals surface area contributed by atoms with Crippen LogP contribution >= 0.6 is 35.3 Å². The average Bonchev–Trinajstić information content (AvgIpc) is 3.23. The molecule has 30 heavy (non-hydrogen) atoms. The molecule has 0 aliphatic carbocycles. The topological polar surface area (TPSA) is 81.6 Å². The molecule has 1 fully saturated rings. The Morgan fingerprint density at radius 2 is 2.07 bits per heavy atom. The predicted octanol–water partition coefficient (Wildman–Crippen LogP) is 3.62. The van der Waals surface area contributed by atoms with Crippen molar-refractivity contribution in [1.29, 1.82) is 0 Å². The van der Waals surface area contributed by atoms with E-state index in [1.807, 2.05) is 26.0 Å². The Labute approximate surface area is 199 Å². The van der Waals surface area contributed by atoms with Crippen LogP contribution in [0, 0.1) is 6.92 Å².